The first-order chi connectivity index (χ1) is 14.8. The van der Waals surface area contributed by atoms with Crippen molar-refractivity contribution in [1.29, 1.82) is 0 Å². The second-order valence-electron chi connectivity index (χ2n) is 7.40. The van der Waals surface area contributed by atoms with Crippen molar-refractivity contribution in [1.82, 2.24) is 23.9 Å². The Labute approximate surface area is 175 Å². The van der Waals surface area contributed by atoms with E-state index < -0.39 is 17.1 Å². The average Bonchev–Trinajstić information content (AvgIpc) is 2.80. The van der Waals surface area contributed by atoms with Gasteiger partial charge in [0.2, 0.25) is 0 Å². The maximum absolute atomic E-state index is 13.4. The third-order valence-electron chi connectivity index (χ3n) is 5.47. The highest BCUT2D eigenvalue weighted by molar-refractivity contribution is 5.97. The van der Waals surface area contributed by atoms with Gasteiger partial charge in [-0.1, -0.05) is 6.07 Å². The number of aryl methyl sites for hydroxylation is 1. The van der Waals surface area contributed by atoms with Crippen LogP contribution < -0.4 is 11.2 Å². The van der Waals surface area contributed by atoms with Gasteiger partial charge in [0.1, 0.15) is 11.5 Å². The monoisotopic (exact) mass is 425 g/mol. The molecule has 1 aliphatic rings. The predicted octanol–water partition coefficient (Wildman–Crippen LogP) is 0.369. The molecule has 1 aromatic carbocycles. The molecule has 1 aliphatic heterocycles. The topological polar surface area (TPSA) is 97.5 Å². The highest BCUT2D eigenvalue weighted by Gasteiger charge is 2.26. The van der Waals surface area contributed by atoms with Gasteiger partial charge < -0.3 is 9.80 Å². The summed E-state index contributed by atoms with van der Waals surface area (Å²) in [4.78, 5) is 57.3. The van der Waals surface area contributed by atoms with Crippen LogP contribution in [0.25, 0.3) is 11.0 Å². The lowest BCUT2D eigenvalue weighted by molar-refractivity contribution is 0.0535. The lowest BCUT2D eigenvalue weighted by Crippen LogP contribution is -2.50. The largest absolute Gasteiger partial charge is 0.335 e. The Bertz CT molecular complexity index is 1320. The van der Waals surface area contributed by atoms with Crippen molar-refractivity contribution in [3.63, 3.8) is 0 Å². The molecule has 9 nitrogen and oxygen atoms in total. The van der Waals surface area contributed by atoms with Crippen LogP contribution in [0.2, 0.25) is 0 Å². The highest BCUT2D eigenvalue weighted by atomic mass is 19.1. The number of rotatable bonds is 2. The fraction of sp³-hybridized carbons (Fsp3) is 0.286. The number of amides is 2. The minimum Gasteiger partial charge on any atom is -0.335 e. The molecule has 3 aromatic rings. The summed E-state index contributed by atoms with van der Waals surface area (Å²) in [5, 5.41) is 0.176. The Morgan fingerprint density at radius 3 is 2.13 bits per heavy atom. The van der Waals surface area contributed by atoms with E-state index in [2.05, 4.69) is 4.98 Å². The summed E-state index contributed by atoms with van der Waals surface area (Å²) in [5.74, 6) is -1.08. The minimum atomic E-state index is -0.522. The molecule has 0 bridgehead atoms. The lowest BCUT2D eigenvalue weighted by atomic mass is 10.1. The number of hydrogen-bond acceptors (Lipinski definition) is 5. The summed E-state index contributed by atoms with van der Waals surface area (Å²) >= 11 is 0. The Morgan fingerprint density at radius 2 is 1.52 bits per heavy atom. The zero-order valence-electron chi connectivity index (χ0n) is 17.0. The molecule has 0 atom stereocenters. The molecule has 0 spiro atoms. The molecule has 2 aromatic heterocycles. The van der Waals surface area contributed by atoms with Crippen molar-refractivity contribution in [3.05, 3.63) is 74.3 Å². The summed E-state index contributed by atoms with van der Waals surface area (Å²) in [7, 11) is 2.88. The number of halogens is 1. The van der Waals surface area contributed by atoms with Gasteiger partial charge in [-0.2, -0.15) is 0 Å². The first-order valence-corrected chi connectivity index (χ1v) is 9.68. The van der Waals surface area contributed by atoms with E-state index in [0.717, 1.165) is 4.57 Å². The van der Waals surface area contributed by atoms with Gasteiger partial charge in [-0.3, -0.25) is 23.5 Å². The number of carbonyl (C=O) groups excluding carboxylic acids is 2. The maximum Gasteiger partial charge on any atom is 0.332 e. The van der Waals surface area contributed by atoms with Crippen LogP contribution >= 0.6 is 0 Å². The fourth-order valence-corrected chi connectivity index (χ4v) is 3.68. The molecule has 31 heavy (non-hydrogen) atoms. The molecule has 0 N–H and O–H groups in total. The quantitative estimate of drug-likeness (QED) is 0.591. The summed E-state index contributed by atoms with van der Waals surface area (Å²) in [5.41, 5.74) is -0.322. The summed E-state index contributed by atoms with van der Waals surface area (Å²) < 4.78 is 15.6. The number of piperazine rings is 1. The SMILES string of the molecule is Cn1c(=O)c2cc(C(=O)N3CCN(C(=O)c4cccc(F)c4)CC3)cnc2n(C)c1=O. The van der Waals surface area contributed by atoms with Crippen molar-refractivity contribution in [2.24, 2.45) is 14.1 Å². The van der Waals surface area contributed by atoms with Gasteiger partial charge in [-0.25, -0.2) is 14.2 Å². The van der Waals surface area contributed by atoms with E-state index in [9.17, 15) is 23.6 Å². The van der Waals surface area contributed by atoms with Crippen molar-refractivity contribution in [2.45, 2.75) is 0 Å². The van der Waals surface area contributed by atoms with Crippen LogP contribution in [0.15, 0.2) is 46.1 Å². The molecular formula is C21H20FN5O4. The summed E-state index contributed by atoms with van der Waals surface area (Å²) in [6.07, 6.45) is 1.34. The van der Waals surface area contributed by atoms with E-state index in [-0.39, 0.29) is 34.0 Å². The maximum atomic E-state index is 13.4. The van der Waals surface area contributed by atoms with Crippen molar-refractivity contribution in [2.75, 3.05) is 26.2 Å². The van der Waals surface area contributed by atoms with Gasteiger partial charge >= 0.3 is 5.69 Å². The van der Waals surface area contributed by atoms with Crippen molar-refractivity contribution < 1.29 is 14.0 Å². The third kappa shape index (κ3) is 3.60. The van der Waals surface area contributed by atoms with Crippen LogP contribution in [0, 0.1) is 5.82 Å². The van der Waals surface area contributed by atoms with Gasteiger partial charge in [-0.05, 0) is 24.3 Å². The predicted molar refractivity (Wildman–Crippen MR) is 110 cm³/mol. The number of nitrogens with zero attached hydrogens (tertiary/aromatic N) is 5. The second-order valence-corrected chi connectivity index (χ2v) is 7.40. The highest BCUT2D eigenvalue weighted by Crippen LogP contribution is 2.14. The normalized spacial score (nSPS) is 14.2. The van der Waals surface area contributed by atoms with E-state index in [1.165, 1.54) is 49.1 Å². The van der Waals surface area contributed by atoms with Crippen LogP contribution in [-0.4, -0.2) is 61.9 Å². The smallest absolute Gasteiger partial charge is 0.332 e. The molecule has 2 amide bonds. The Kier molecular flexibility index (Phi) is 5.14. The van der Waals surface area contributed by atoms with Crippen LogP contribution in [0.1, 0.15) is 20.7 Å². The molecule has 0 saturated carbocycles. The molecule has 0 radical (unpaired) electrons. The zero-order chi connectivity index (χ0) is 22.3. The van der Waals surface area contributed by atoms with Gasteiger partial charge in [0.15, 0.2) is 0 Å². The number of pyridine rings is 1. The Balaban J connectivity index is 1.52. The number of carbonyl (C=O) groups is 2. The van der Waals surface area contributed by atoms with Crippen molar-refractivity contribution in [3.8, 4) is 0 Å². The molecule has 10 heteroatoms. The van der Waals surface area contributed by atoms with Gasteiger partial charge in [-0.15, -0.1) is 0 Å². The van der Waals surface area contributed by atoms with Gasteiger partial charge in [0, 0.05) is 52.0 Å². The first-order valence-electron chi connectivity index (χ1n) is 9.68. The van der Waals surface area contributed by atoms with Gasteiger partial charge in [0.25, 0.3) is 17.4 Å². The summed E-state index contributed by atoms with van der Waals surface area (Å²) in [6.45, 7) is 1.20. The van der Waals surface area contributed by atoms with E-state index in [1.807, 2.05) is 0 Å². The average molecular weight is 425 g/mol. The zero-order valence-corrected chi connectivity index (χ0v) is 17.0. The van der Waals surface area contributed by atoms with Crippen LogP contribution in [-0.2, 0) is 14.1 Å². The number of aromatic nitrogens is 3. The molecule has 0 unspecified atom stereocenters. The fourth-order valence-electron chi connectivity index (χ4n) is 3.68. The Hall–Kier alpha value is -3.82. The second kappa shape index (κ2) is 7.78. The van der Waals surface area contributed by atoms with E-state index in [0.29, 0.717) is 26.2 Å². The molecule has 0 aliphatic carbocycles. The summed E-state index contributed by atoms with van der Waals surface area (Å²) in [6, 6.07) is 6.94. The molecule has 3 heterocycles. The minimum absolute atomic E-state index is 0.176. The van der Waals surface area contributed by atoms with E-state index >= 15 is 0 Å². The first kappa shape index (κ1) is 20.5. The number of benzene rings is 1. The third-order valence-corrected chi connectivity index (χ3v) is 5.47. The molecule has 1 saturated heterocycles. The van der Waals surface area contributed by atoms with E-state index in [4.69, 9.17) is 0 Å². The molecule has 4 rings (SSSR count). The molecule has 160 valence electrons. The number of fused-ring (bicyclic) bond motifs is 1. The van der Waals surface area contributed by atoms with Crippen LogP contribution in [0.5, 0.6) is 0 Å². The number of hydrogen-bond donors (Lipinski definition) is 0. The molecule has 1 fully saturated rings. The van der Waals surface area contributed by atoms with Crippen LogP contribution in [0.3, 0.4) is 0 Å². The van der Waals surface area contributed by atoms with Crippen molar-refractivity contribution >= 4 is 22.8 Å². The van der Waals surface area contributed by atoms with Gasteiger partial charge in [0.05, 0.1) is 10.9 Å². The van der Waals surface area contributed by atoms with E-state index in [1.54, 1.807) is 15.9 Å². The van der Waals surface area contributed by atoms with Crippen LogP contribution in [0.4, 0.5) is 4.39 Å². The molecular weight excluding hydrogens is 405 g/mol. The Morgan fingerprint density at radius 1 is 0.903 bits per heavy atom. The lowest BCUT2D eigenvalue weighted by Gasteiger charge is -2.34. The standard InChI is InChI=1S/C21H20FN5O4/c1-24-17-16(20(30)25(2)21(24)31)11-14(12-23-17)19(29)27-8-6-26(7-9-27)18(28)13-4-3-5-15(22)10-13/h3-5,10-12H,6-9H2,1-2H3.